The Morgan fingerprint density at radius 1 is 0.180 bits per heavy atom. The van der Waals surface area contributed by atoms with Gasteiger partial charge in [-0.2, -0.15) is 0 Å². The van der Waals surface area contributed by atoms with Crippen LogP contribution in [0.15, 0.2) is 285 Å². The molecule has 0 spiro atoms. The quantitative estimate of drug-likeness (QED) is 0.103. The average Bonchev–Trinajstić information content (AvgIpc) is 1.61. The largest absolute Gasteiger partial charge is 2.00 e. The van der Waals surface area contributed by atoms with Crippen LogP contribution in [0, 0.1) is 37.2 Å². The van der Waals surface area contributed by atoms with Gasteiger partial charge in [0.25, 0.3) is 0 Å². The van der Waals surface area contributed by atoms with Crippen molar-refractivity contribution in [3.8, 4) is 137 Å². The Balaban J connectivity index is 0.000000112. The molecule has 0 aliphatic rings. The zero-order chi connectivity index (χ0) is 97.6. The number of hydrogen-bond acceptors (Lipinski definition) is 18. The molecule has 0 unspecified atom stereocenters. The van der Waals surface area contributed by atoms with Crippen molar-refractivity contribution in [3.63, 3.8) is 0 Å². The number of aryl methyl sites for hydroxylation is 12. The van der Waals surface area contributed by atoms with Crippen LogP contribution in [0.3, 0.4) is 0 Å². The number of benzene rings is 6. The summed E-state index contributed by atoms with van der Waals surface area (Å²) in [5, 5.41) is 5.88. The molecule has 30 rings (SSSR count). The topological polar surface area (TPSA) is 377 Å². The maximum absolute atomic E-state index is 5.83. The molecule has 0 saturated heterocycles. The first-order valence-corrected chi connectivity index (χ1v) is 45.5. The van der Waals surface area contributed by atoms with E-state index < -0.39 is 0 Å². The Bertz CT molecular complexity index is 8620. The second-order valence-corrected chi connectivity index (χ2v) is 34.8. The number of hydrogen-bond donors (Lipinski definition) is 0. The van der Waals surface area contributed by atoms with Crippen molar-refractivity contribution in [3.05, 3.63) is 295 Å². The first-order chi connectivity index (χ1) is 70.4. The SMILES string of the molecule is Cn1c[c-]nc1-c1cccc2c1[n-]c1c(-c3nccn3C)coc12.Cn1c[c-]nc1-c1cccc2c1[n-]c1c(-c3nccn3C)coc12.Cn1c[c-]nc1-c1cccc2c1[n-]c1c(-c3nccn3C)coc12.Cn1ccnc1-c1cccc2c1[n-]c1c(-c3n[c-]cn3C)coc12.Cn1ccnc1-c1cccc2c1[n-]c1c(-c3n[c-]cn3C)coc12.Cn1ccnc1-c1cccc2c1[n-]c1c(-c3n[c-]cn3C)coc12.[Pt+2].[Pt+2].[Pt+2].[Pt+2].[Pt+2].[Pt+2]. The van der Waals surface area contributed by atoms with Crippen molar-refractivity contribution in [2.24, 2.45) is 84.6 Å². The maximum Gasteiger partial charge on any atom is 2.00 e. The fourth-order valence-electron chi connectivity index (χ4n) is 18.9. The van der Waals surface area contributed by atoms with Gasteiger partial charge in [-0.1, -0.05) is 196 Å². The van der Waals surface area contributed by atoms with Crippen molar-refractivity contribution in [1.82, 2.24) is 145 Å². The summed E-state index contributed by atoms with van der Waals surface area (Å²) in [4.78, 5) is 81.5. The number of aromatic nitrogens is 30. The molecule has 0 fully saturated rings. The minimum absolute atomic E-state index is 0. The van der Waals surface area contributed by atoms with Gasteiger partial charge >= 0.3 is 126 Å². The third kappa shape index (κ3) is 17.4. The molecule has 0 aliphatic carbocycles. The second-order valence-electron chi connectivity index (χ2n) is 34.8. The normalized spacial score (nSPS) is 11.3. The number of para-hydroxylation sites is 6. The Labute approximate surface area is 937 Å². The van der Waals surface area contributed by atoms with E-state index >= 15 is 0 Å². The average molecular weight is 3060 g/mol. The standard InChI is InChI=1S/6C18H13N5O.6Pt/c6*1-22-8-6-19-17(22)12-5-3-4-11-14(12)21-15-13(10-24-16(11)15)18-20-7-9-23(18)2;;;;;;/h3*3-5,7-10H,1-2H3;3*3-6,8-10H,1-2H3;;;;;;/q6*-2;6*+2. The zero-order valence-electron chi connectivity index (χ0n) is 81.0. The van der Waals surface area contributed by atoms with Gasteiger partial charge < -0.3 is 141 Å². The first-order valence-electron chi connectivity index (χ1n) is 45.5. The van der Waals surface area contributed by atoms with Gasteiger partial charge in [-0.15, -0.1) is 70.3 Å². The molecule has 6 aromatic carbocycles. The number of furan rings is 6. The molecule has 30 aromatic rings. The number of nitrogens with zero attached hydrogens (tertiary/aromatic N) is 30. The van der Waals surface area contributed by atoms with Crippen molar-refractivity contribution in [2.75, 3.05) is 0 Å². The van der Waals surface area contributed by atoms with Gasteiger partial charge in [-0.25, -0.2) is 29.9 Å². The molecular weight excluding hydrogens is 2980 g/mol. The van der Waals surface area contributed by atoms with Gasteiger partial charge in [-0.05, 0) is 93.9 Å². The van der Waals surface area contributed by atoms with Gasteiger partial charge in [0.2, 0.25) is 0 Å². The van der Waals surface area contributed by atoms with E-state index in [1.165, 1.54) is 0 Å². The molecule has 36 nitrogen and oxygen atoms in total. The van der Waals surface area contributed by atoms with Crippen LogP contribution in [0.4, 0.5) is 0 Å². The molecule has 0 aliphatic heterocycles. The molecule has 0 N–H and O–H groups in total. The summed E-state index contributed by atoms with van der Waals surface area (Å²) in [6.07, 6.45) is 60.5. The van der Waals surface area contributed by atoms with Crippen LogP contribution < -0.4 is 29.9 Å². The van der Waals surface area contributed by atoms with Gasteiger partial charge in [0.15, 0.2) is 0 Å². The Morgan fingerprint density at radius 3 is 0.473 bits per heavy atom. The maximum atomic E-state index is 5.83. The summed E-state index contributed by atoms with van der Waals surface area (Å²) in [5.41, 5.74) is 26.1. The van der Waals surface area contributed by atoms with Crippen LogP contribution in [-0.4, -0.2) is 115 Å². The number of imidazole rings is 12. The zero-order valence-corrected chi connectivity index (χ0v) is 94.6. The Hall–Kier alpha value is -15.6. The van der Waals surface area contributed by atoms with E-state index in [4.69, 9.17) is 56.4 Å². The van der Waals surface area contributed by atoms with Crippen LogP contribution >= 0.6 is 0 Å². The van der Waals surface area contributed by atoms with Crippen LogP contribution in [-0.2, 0) is 211 Å². The monoisotopic (exact) mass is 3060 g/mol. The van der Waals surface area contributed by atoms with E-state index in [9.17, 15) is 0 Å². The molecule has 0 saturated carbocycles. The van der Waals surface area contributed by atoms with Crippen LogP contribution in [0.2, 0.25) is 0 Å². The van der Waals surface area contributed by atoms with Gasteiger partial charge in [0.1, 0.15) is 87.2 Å². The summed E-state index contributed by atoms with van der Waals surface area (Å²) in [5.74, 6) is 10.0. The van der Waals surface area contributed by atoms with Crippen molar-refractivity contribution >= 4 is 132 Å². The summed E-state index contributed by atoms with van der Waals surface area (Å²) in [6.45, 7) is 0. The molecule has 0 bridgehead atoms. The predicted octanol–water partition coefficient (Wildman–Crippen LogP) is 18.9. The molecule has 0 atom stereocenters. The summed E-state index contributed by atoms with van der Waals surface area (Å²) in [7, 11) is 23.4. The van der Waals surface area contributed by atoms with E-state index in [2.05, 4.69) is 97.0 Å². The van der Waals surface area contributed by atoms with Crippen molar-refractivity contribution in [2.45, 2.75) is 0 Å². The Kier molecular flexibility index (Phi) is 28.8. The molecule has 756 valence electrons. The fourth-order valence-corrected chi connectivity index (χ4v) is 18.9. The molecule has 150 heavy (non-hydrogen) atoms. The fraction of sp³-hybridized carbons (Fsp3) is 0.111. The van der Waals surface area contributed by atoms with E-state index in [0.29, 0.717) is 0 Å². The van der Waals surface area contributed by atoms with Crippen molar-refractivity contribution in [1.29, 1.82) is 0 Å². The summed E-state index contributed by atoms with van der Waals surface area (Å²) >= 11 is 0. The van der Waals surface area contributed by atoms with Crippen molar-refractivity contribution < 1.29 is 153 Å². The number of fused-ring (bicyclic) bond motifs is 18. The van der Waals surface area contributed by atoms with E-state index in [0.717, 1.165) is 269 Å². The minimum atomic E-state index is 0. The second kappa shape index (κ2) is 41.9. The molecular formula is C108H78N30O6Pt6. The Morgan fingerprint density at radius 2 is 0.327 bits per heavy atom. The van der Waals surface area contributed by atoms with Gasteiger partial charge in [0, 0.05) is 182 Å². The molecule has 42 heteroatoms. The number of rotatable bonds is 12. The van der Waals surface area contributed by atoms with Crippen LogP contribution in [0.5, 0.6) is 0 Å². The predicted molar refractivity (Wildman–Crippen MR) is 542 cm³/mol. The van der Waals surface area contributed by atoms with Gasteiger partial charge in [0.05, 0.1) is 18.8 Å². The summed E-state index contributed by atoms with van der Waals surface area (Å²) < 4.78 is 58.3. The minimum Gasteiger partial charge on any atom is -0.654 e. The van der Waals surface area contributed by atoms with E-state index in [1.54, 1.807) is 112 Å². The van der Waals surface area contributed by atoms with E-state index in [1.807, 2.05) is 286 Å². The smallest absolute Gasteiger partial charge is 0.654 e. The molecule has 24 aromatic heterocycles. The van der Waals surface area contributed by atoms with Crippen LogP contribution in [0.1, 0.15) is 0 Å². The third-order valence-corrected chi connectivity index (χ3v) is 26.0. The molecule has 0 amide bonds. The van der Waals surface area contributed by atoms with E-state index in [-0.39, 0.29) is 126 Å². The molecule has 0 radical (unpaired) electrons. The first kappa shape index (κ1) is 103. The van der Waals surface area contributed by atoms with Gasteiger partial charge in [-0.3, -0.25) is 0 Å². The third-order valence-electron chi connectivity index (χ3n) is 26.0. The summed E-state index contributed by atoms with van der Waals surface area (Å²) in [6, 6.07) is 36.3. The van der Waals surface area contributed by atoms with Crippen LogP contribution in [0.25, 0.3) is 269 Å². The molecule has 24 heterocycles.